The van der Waals surface area contributed by atoms with E-state index in [0.717, 1.165) is 22.3 Å². The Kier molecular flexibility index (Phi) is 6.01. The number of carbonyl (C=O) groups is 2. The van der Waals surface area contributed by atoms with Gasteiger partial charge in [-0.1, -0.05) is 71.9 Å². The van der Waals surface area contributed by atoms with Gasteiger partial charge in [-0.05, 0) is 61.1 Å². The van der Waals surface area contributed by atoms with E-state index in [1.54, 1.807) is 11.6 Å². The summed E-state index contributed by atoms with van der Waals surface area (Å²) in [5.41, 5.74) is 4.14. The van der Waals surface area contributed by atoms with Crippen LogP contribution in [-0.2, 0) is 14.9 Å². The number of aliphatic carboxylic acids is 1. The van der Waals surface area contributed by atoms with Crippen LogP contribution in [0.4, 0.5) is 10.6 Å². The van der Waals surface area contributed by atoms with Gasteiger partial charge in [0.25, 0.3) is 0 Å². The van der Waals surface area contributed by atoms with Crippen LogP contribution in [0.15, 0.2) is 78.9 Å². The number of aryl methyl sites for hydroxylation is 1. The number of hydrogen-bond acceptors (Lipinski definition) is 5. The van der Waals surface area contributed by atoms with Crippen molar-refractivity contribution in [2.45, 2.75) is 38.2 Å². The molecule has 1 unspecified atom stereocenters. The molecular formula is C28H26N4O4. The van der Waals surface area contributed by atoms with E-state index in [9.17, 15) is 14.7 Å². The third kappa shape index (κ3) is 4.45. The first-order chi connectivity index (χ1) is 17.4. The number of rotatable bonds is 7. The summed E-state index contributed by atoms with van der Waals surface area (Å²) >= 11 is 0. The number of aromatic nitrogens is 3. The highest BCUT2D eigenvalue weighted by Crippen LogP contribution is 2.49. The molecule has 8 nitrogen and oxygen atoms in total. The summed E-state index contributed by atoms with van der Waals surface area (Å²) in [6.45, 7) is 3.57. The number of nitrogens with zero attached hydrogens (tertiary/aromatic N) is 3. The summed E-state index contributed by atoms with van der Waals surface area (Å²) in [5.74, 6) is -0.347. The molecule has 36 heavy (non-hydrogen) atoms. The SMILES string of the molecule is Cc1nnn(-c2ccc(-c3cccc(C4(C(=O)O)CC4)c3)cc2)c1NC(=O)OC(C)c1ccccc1. The summed E-state index contributed by atoms with van der Waals surface area (Å²) in [4.78, 5) is 24.3. The predicted octanol–water partition coefficient (Wildman–Crippen LogP) is 5.67. The lowest BCUT2D eigenvalue weighted by Gasteiger charge is -2.15. The molecule has 1 amide bonds. The fourth-order valence-corrected chi connectivity index (χ4v) is 4.30. The molecule has 182 valence electrons. The van der Waals surface area contributed by atoms with Crippen molar-refractivity contribution in [3.05, 3.63) is 95.7 Å². The van der Waals surface area contributed by atoms with Crippen LogP contribution in [0, 0.1) is 6.92 Å². The molecule has 0 spiro atoms. The number of nitrogens with one attached hydrogen (secondary N) is 1. The molecule has 0 bridgehead atoms. The summed E-state index contributed by atoms with van der Waals surface area (Å²) in [6.07, 6.45) is 0.318. The Bertz CT molecular complexity index is 1410. The Balaban J connectivity index is 1.33. The number of carboxylic acid groups (broad SMARTS) is 1. The average Bonchev–Trinajstić information content (AvgIpc) is 3.64. The van der Waals surface area contributed by atoms with E-state index in [2.05, 4.69) is 15.6 Å². The smallest absolute Gasteiger partial charge is 0.413 e. The van der Waals surface area contributed by atoms with Gasteiger partial charge >= 0.3 is 12.1 Å². The molecule has 1 atom stereocenters. The molecule has 5 rings (SSSR count). The molecule has 1 saturated carbocycles. The number of ether oxygens (including phenoxy) is 1. The summed E-state index contributed by atoms with van der Waals surface area (Å²) < 4.78 is 7.08. The van der Waals surface area contributed by atoms with E-state index in [0.29, 0.717) is 30.0 Å². The number of amides is 1. The lowest BCUT2D eigenvalue weighted by atomic mass is 9.92. The standard InChI is InChI=1S/C28H26N4O4/c1-18-25(29-27(35)36-19(2)20-7-4-3-5-8-20)32(31-30-18)24-13-11-21(12-14-24)22-9-6-10-23(17-22)28(15-16-28)26(33)34/h3-14,17,19H,15-16H2,1-2H3,(H,29,35)(H,33,34). The lowest BCUT2D eigenvalue weighted by molar-refractivity contribution is -0.140. The number of anilines is 1. The van der Waals surface area contributed by atoms with E-state index in [4.69, 9.17) is 4.74 Å². The van der Waals surface area contributed by atoms with Crippen LogP contribution in [0.3, 0.4) is 0 Å². The molecule has 0 saturated heterocycles. The second-order valence-electron chi connectivity index (χ2n) is 9.03. The molecule has 2 N–H and O–H groups in total. The zero-order valence-electron chi connectivity index (χ0n) is 20.0. The molecule has 1 aliphatic carbocycles. The molecule has 1 fully saturated rings. The number of benzene rings is 3. The van der Waals surface area contributed by atoms with Crippen molar-refractivity contribution < 1.29 is 19.4 Å². The summed E-state index contributed by atoms with van der Waals surface area (Å²) in [6, 6.07) is 24.8. The maximum absolute atomic E-state index is 12.6. The van der Waals surface area contributed by atoms with Crippen molar-refractivity contribution >= 4 is 17.9 Å². The molecule has 0 radical (unpaired) electrons. The topological polar surface area (TPSA) is 106 Å². The average molecular weight is 483 g/mol. The van der Waals surface area contributed by atoms with Crippen LogP contribution >= 0.6 is 0 Å². The first kappa shape index (κ1) is 23.3. The van der Waals surface area contributed by atoms with Crippen molar-refractivity contribution in [3.63, 3.8) is 0 Å². The van der Waals surface area contributed by atoms with E-state index >= 15 is 0 Å². The molecule has 0 aliphatic heterocycles. The molecule has 4 aromatic rings. The molecule has 3 aromatic carbocycles. The molecule has 1 aliphatic rings. The molecule has 1 aromatic heterocycles. The van der Waals surface area contributed by atoms with Gasteiger partial charge < -0.3 is 9.84 Å². The maximum atomic E-state index is 12.6. The Hall–Kier alpha value is -4.46. The van der Waals surface area contributed by atoms with Gasteiger partial charge in [-0.15, -0.1) is 5.10 Å². The minimum Gasteiger partial charge on any atom is -0.481 e. The predicted molar refractivity (Wildman–Crippen MR) is 135 cm³/mol. The van der Waals surface area contributed by atoms with Crippen molar-refractivity contribution in [3.8, 4) is 16.8 Å². The Labute approximate surface area is 208 Å². The van der Waals surface area contributed by atoms with Crippen LogP contribution < -0.4 is 5.32 Å². The summed E-state index contributed by atoms with van der Waals surface area (Å²) in [7, 11) is 0. The largest absolute Gasteiger partial charge is 0.481 e. The number of hydrogen-bond donors (Lipinski definition) is 2. The summed E-state index contributed by atoms with van der Waals surface area (Å²) in [5, 5.41) is 20.7. The van der Waals surface area contributed by atoms with E-state index < -0.39 is 23.6 Å². The Morgan fingerprint density at radius 2 is 1.72 bits per heavy atom. The van der Waals surface area contributed by atoms with Gasteiger partial charge in [0.05, 0.1) is 11.1 Å². The van der Waals surface area contributed by atoms with Crippen molar-refractivity contribution in [2.24, 2.45) is 0 Å². The second kappa shape index (κ2) is 9.30. The van der Waals surface area contributed by atoms with Crippen LogP contribution in [0.1, 0.15) is 42.7 Å². The Morgan fingerprint density at radius 1 is 1.00 bits per heavy atom. The fraction of sp³-hybridized carbons (Fsp3) is 0.214. The van der Waals surface area contributed by atoms with Crippen LogP contribution in [0.2, 0.25) is 0 Å². The zero-order valence-corrected chi connectivity index (χ0v) is 20.0. The van der Waals surface area contributed by atoms with Gasteiger partial charge in [0.1, 0.15) is 11.8 Å². The number of carbonyl (C=O) groups excluding carboxylic acids is 1. The zero-order chi connectivity index (χ0) is 25.3. The Morgan fingerprint density at radius 3 is 2.39 bits per heavy atom. The minimum absolute atomic E-state index is 0.415. The van der Waals surface area contributed by atoms with Gasteiger partial charge in [0.15, 0.2) is 5.82 Å². The van der Waals surface area contributed by atoms with Crippen molar-refractivity contribution in [1.82, 2.24) is 15.0 Å². The first-order valence-corrected chi connectivity index (χ1v) is 11.8. The van der Waals surface area contributed by atoms with Crippen molar-refractivity contribution in [1.29, 1.82) is 0 Å². The number of carboxylic acids is 1. The molecule has 8 heteroatoms. The quantitative estimate of drug-likeness (QED) is 0.352. The third-order valence-corrected chi connectivity index (χ3v) is 6.63. The molecule has 1 heterocycles. The van der Waals surface area contributed by atoms with E-state index in [1.807, 2.05) is 85.8 Å². The van der Waals surface area contributed by atoms with Gasteiger partial charge in [0.2, 0.25) is 0 Å². The fourth-order valence-electron chi connectivity index (χ4n) is 4.30. The molecular weight excluding hydrogens is 456 g/mol. The highest BCUT2D eigenvalue weighted by Gasteiger charge is 2.51. The van der Waals surface area contributed by atoms with Crippen LogP contribution in [0.5, 0.6) is 0 Å². The van der Waals surface area contributed by atoms with Gasteiger partial charge in [0, 0.05) is 0 Å². The van der Waals surface area contributed by atoms with Gasteiger partial charge in [-0.3, -0.25) is 10.1 Å². The van der Waals surface area contributed by atoms with E-state index in [-0.39, 0.29) is 0 Å². The monoisotopic (exact) mass is 482 g/mol. The van der Waals surface area contributed by atoms with E-state index in [1.165, 1.54) is 0 Å². The lowest BCUT2D eigenvalue weighted by Crippen LogP contribution is -2.19. The third-order valence-electron chi connectivity index (χ3n) is 6.63. The second-order valence-corrected chi connectivity index (χ2v) is 9.03. The van der Waals surface area contributed by atoms with Crippen LogP contribution in [0.25, 0.3) is 16.8 Å². The minimum atomic E-state index is -0.770. The maximum Gasteiger partial charge on any atom is 0.413 e. The highest BCUT2D eigenvalue weighted by atomic mass is 16.6. The van der Waals surface area contributed by atoms with Crippen LogP contribution in [-0.4, -0.2) is 32.2 Å². The normalized spacial score (nSPS) is 14.6. The van der Waals surface area contributed by atoms with Crippen molar-refractivity contribution in [2.75, 3.05) is 5.32 Å². The van der Waals surface area contributed by atoms with Gasteiger partial charge in [-0.2, -0.15) is 4.68 Å². The highest BCUT2D eigenvalue weighted by molar-refractivity contribution is 5.86. The first-order valence-electron chi connectivity index (χ1n) is 11.8. The van der Waals surface area contributed by atoms with Gasteiger partial charge in [-0.25, -0.2) is 4.79 Å².